The lowest BCUT2D eigenvalue weighted by Crippen LogP contribution is -2.22. The van der Waals surface area contributed by atoms with E-state index in [1.807, 2.05) is 0 Å². The average Bonchev–Trinajstić information content (AvgIpc) is 3.04. The number of rotatable bonds is 3. The molecule has 0 radical (unpaired) electrons. The quantitative estimate of drug-likeness (QED) is 0.781. The molecule has 5 nitrogen and oxygen atoms in total. The highest BCUT2D eigenvalue weighted by Crippen LogP contribution is 2.35. The van der Waals surface area contributed by atoms with Crippen molar-refractivity contribution in [3.05, 3.63) is 46.1 Å². The number of benzene rings is 1. The van der Waals surface area contributed by atoms with Gasteiger partial charge in [0.15, 0.2) is 0 Å². The highest BCUT2D eigenvalue weighted by atomic mass is 35.5. The van der Waals surface area contributed by atoms with Gasteiger partial charge in [0.1, 0.15) is 22.8 Å². The van der Waals surface area contributed by atoms with E-state index in [0.29, 0.717) is 25.8 Å². The highest BCUT2D eigenvalue weighted by molar-refractivity contribution is 7.21. The summed E-state index contributed by atoms with van der Waals surface area (Å²) in [6.07, 6.45) is 1.36. The molecular weight excluding hydrogens is 303 g/mol. The number of amides is 1. The van der Waals surface area contributed by atoms with Crippen molar-refractivity contribution < 1.29 is 9.18 Å². The number of aromatic amines is 1. The second-order valence-corrected chi connectivity index (χ2v) is 5.43. The number of thiophene rings is 1. The van der Waals surface area contributed by atoms with Gasteiger partial charge in [-0.05, 0) is 18.2 Å². The molecule has 0 atom stereocenters. The van der Waals surface area contributed by atoms with E-state index in [1.165, 1.54) is 18.5 Å². The number of aromatic nitrogens is 3. The summed E-state index contributed by atoms with van der Waals surface area (Å²) < 4.78 is 13.8. The van der Waals surface area contributed by atoms with Gasteiger partial charge >= 0.3 is 0 Å². The summed E-state index contributed by atoms with van der Waals surface area (Å²) >= 11 is 7.31. The Balaban J connectivity index is 1.85. The number of H-pyrrole nitrogens is 1. The van der Waals surface area contributed by atoms with E-state index in [2.05, 4.69) is 20.5 Å². The molecule has 0 saturated carbocycles. The number of carbonyl (C=O) groups excluding carboxylic acids is 1. The molecule has 1 aromatic carbocycles. The van der Waals surface area contributed by atoms with Gasteiger partial charge in [0.25, 0.3) is 5.91 Å². The van der Waals surface area contributed by atoms with Crippen LogP contribution in [0.2, 0.25) is 5.02 Å². The first-order valence-electron chi connectivity index (χ1n) is 5.65. The lowest BCUT2D eigenvalue weighted by molar-refractivity contribution is 0.0954. The fourth-order valence-corrected chi connectivity index (χ4v) is 3.20. The van der Waals surface area contributed by atoms with Crippen molar-refractivity contribution in [1.29, 1.82) is 0 Å². The Morgan fingerprint density at radius 1 is 1.50 bits per heavy atom. The topological polar surface area (TPSA) is 70.7 Å². The van der Waals surface area contributed by atoms with E-state index in [9.17, 15) is 9.18 Å². The standard InChI is InChI=1S/C12H8ClFN4OS/c13-10-7-2-1-6(14)3-8(7)20-11(10)12(19)15-4-9-16-5-17-18-9/h1-3,5H,4H2,(H,15,19)(H,16,17,18). The van der Waals surface area contributed by atoms with Gasteiger partial charge in [-0.2, -0.15) is 5.10 Å². The molecule has 0 aliphatic carbocycles. The molecule has 0 saturated heterocycles. The van der Waals surface area contributed by atoms with Crippen LogP contribution in [0.3, 0.4) is 0 Å². The molecule has 2 aromatic heterocycles. The molecule has 0 aliphatic heterocycles. The monoisotopic (exact) mass is 310 g/mol. The molecule has 0 bridgehead atoms. The molecule has 20 heavy (non-hydrogen) atoms. The molecule has 0 spiro atoms. The van der Waals surface area contributed by atoms with E-state index < -0.39 is 0 Å². The molecule has 2 heterocycles. The van der Waals surface area contributed by atoms with Crippen LogP contribution in [0.25, 0.3) is 10.1 Å². The Morgan fingerprint density at radius 2 is 2.35 bits per heavy atom. The third kappa shape index (κ3) is 2.37. The summed E-state index contributed by atoms with van der Waals surface area (Å²) in [5.74, 6) is -0.140. The molecular formula is C12H8ClFN4OS. The van der Waals surface area contributed by atoms with Crippen LogP contribution in [0.4, 0.5) is 4.39 Å². The van der Waals surface area contributed by atoms with E-state index in [-0.39, 0.29) is 18.3 Å². The summed E-state index contributed by atoms with van der Waals surface area (Å²) in [7, 11) is 0. The summed E-state index contributed by atoms with van der Waals surface area (Å²) in [4.78, 5) is 16.3. The zero-order chi connectivity index (χ0) is 14.1. The molecule has 1 amide bonds. The van der Waals surface area contributed by atoms with Crippen molar-refractivity contribution in [3.8, 4) is 0 Å². The summed E-state index contributed by atoms with van der Waals surface area (Å²) in [6.45, 7) is 0.220. The summed E-state index contributed by atoms with van der Waals surface area (Å²) in [5, 5.41) is 10.00. The van der Waals surface area contributed by atoms with Gasteiger partial charge in [-0.15, -0.1) is 11.3 Å². The van der Waals surface area contributed by atoms with Gasteiger partial charge in [0.05, 0.1) is 11.6 Å². The molecule has 102 valence electrons. The predicted molar refractivity (Wildman–Crippen MR) is 74.3 cm³/mol. The predicted octanol–water partition coefficient (Wildman–Crippen LogP) is 2.74. The summed E-state index contributed by atoms with van der Waals surface area (Å²) in [5.41, 5.74) is 0. The van der Waals surface area contributed by atoms with Crippen LogP contribution in [-0.4, -0.2) is 21.1 Å². The number of fused-ring (bicyclic) bond motifs is 1. The van der Waals surface area contributed by atoms with Gasteiger partial charge in [0, 0.05) is 10.1 Å². The van der Waals surface area contributed by atoms with Gasteiger partial charge in [-0.3, -0.25) is 9.89 Å². The highest BCUT2D eigenvalue weighted by Gasteiger charge is 2.17. The van der Waals surface area contributed by atoms with Crippen molar-refractivity contribution in [3.63, 3.8) is 0 Å². The molecule has 2 N–H and O–H groups in total. The second kappa shape index (κ2) is 5.18. The van der Waals surface area contributed by atoms with Gasteiger partial charge in [-0.1, -0.05) is 11.6 Å². The molecule has 3 rings (SSSR count). The van der Waals surface area contributed by atoms with Crippen LogP contribution >= 0.6 is 22.9 Å². The van der Waals surface area contributed by atoms with Crippen LogP contribution in [0.5, 0.6) is 0 Å². The Kier molecular flexibility index (Phi) is 3.37. The molecule has 8 heteroatoms. The maximum atomic E-state index is 13.2. The van der Waals surface area contributed by atoms with Crippen LogP contribution in [0, 0.1) is 5.82 Å². The van der Waals surface area contributed by atoms with Crippen molar-refractivity contribution in [2.24, 2.45) is 0 Å². The third-order valence-electron chi connectivity index (χ3n) is 2.68. The smallest absolute Gasteiger partial charge is 0.263 e. The molecule has 0 fully saturated rings. The molecule has 0 unspecified atom stereocenters. The zero-order valence-electron chi connectivity index (χ0n) is 9.98. The minimum Gasteiger partial charge on any atom is -0.344 e. The van der Waals surface area contributed by atoms with Crippen molar-refractivity contribution in [1.82, 2.24) is 20.5 Å². The Bertz CT molecular complexity index is 771. The maximum absolute atomic E-state index is 13.2. The minimum absolute atomic E-state index is 0.220. The zero-order valence-corrected chi connectivity index (χ0v) is 11.6. The van der Waals surface area contributed by atoms with Gasteiger partial charge in [-0.25, -0.2) is 9.37 Å². The lowest BCUT2D eigenvalue weighted by Gasteiger charge is -2.00. The molecule has 0 aliphatic rings. The van der Waals surface area contributed by atoms with E-state index in [4.69, 9.17) is 11.6 Å². The van der Waals surface area contributed by atoms with E-state index in [0.717, 1.165) is 11.3 Å². The first-order valence-corrected chi connectivity index (χ1v) is 6.84. The Labute approximate surface area is 121 Å². The number of hydrogen-bond acceptors (Lipinski definition) is 4. The second-order valence-electron chi connectivity index (χ2n) is 4.00. The SMILES string of the molecule is O=C(NCc1ncn[nH]1)c1sc2cc(F)ccc2c1Cl. The number of hydrogen-bond donors (Lipinski definition) is 2. The Hall–Kier alpha value is -1.99. The lowest BCUT2D eigenvalue weighted by atomic mass is 10.2. The first kappa shape index (κ1) is 13.0. The normalized spacial score (nSPS) is 10.9. The van der Waals surface area contributed by atoms with Crippen molar-refractivity contribution in [2.75, 3.05) is 0 Å². The number of halogens is 2. The number of nitrogens with one attached hydrogen (secondary N) is 2. The average molecular weight is 311 g/mol. The first-order chi connectivity index (χ1) is 9.65. The summed E-state index contributed by atoms with van der Waals surface area (Å²) in [6, 6.07) is 4.24. The van der Waals surface area contributed by atoms with Crippen LogP contribution in [0.15, 0.2) is 24.5 Å². The Morgan fingerprint density at radius 3 is 3.10 bits per heavy atom. The van der Waals surface area contributed by atoms with Crippen molar-refractivity contribution in [2.45, 2.75) is 6.54 Å². The fraction of sp³-hybridized carbons (Fsp3) is 0.0833. The third-order valence-corrected chi connectivity index (χ3v) is 4.33. The van der Waals surface area contributed by atoms with Gasteiger partial charge in [0.2, 0.25) is 0 Å². The number of nitrogens with zero attached hydrogens (tertiary/aromatic N) is 2. The van der Waals surface area contributed by atoms with Crippen molar-refractivity contribution >= 4 is 38.9 Å². The largest absolute Gasteiger partial charge is 0.344 e. The number of carbonyl (C=O) groups is 1. The van der Waals surface area contributed by atoms with E-state index in [1.54, 1.807) is 6.07 Å². The van der Waals surface area contributed by atoms with Crippen LogP contribution < -0.4 is 5.32 Å². The van der Waals surface area contributed by atoms with Crippen LogP contribution in [0.1, 0.15) is 15.5 Å². The minimum atomic E-state index is -0.357. The van der Waals surface area contributed by atoms with Gasteiger partial charge < -0.3 is 5.32 Å². The molecule has 3 aromatic rings. The fourth-order valence-electron chi connectivity index (χ4n) is 1.75. The van der Waals surface area contributed by atoms with Crippen LogP contribution in [-0.2, 0) is 6.54 Å². The van der Waals surface area contributed by atoms with E-state index >= 15 is 0 Å². The maximum Gasteiger partial charge on any atom is 0.263 e.